The van der Waals surface area contributed by atoms with Crippen LogP contribution in [0.2, 0.25) is 0 Å². The zero-order valence-corrected chi connectivity index (χ0v) is 15.9. The van der Waals surface area contributed by atoms with Crippen LogP contribution in [0.3, 0.4) is 0 Å². The van der Waals surface area contributed by atoms with Gasteiger partial charge in [-0.25, -0.2) is 0 Å². The van der Waals surface area contributed by atoms with Gasteiger partial charge in [-0.1, -0.05) is 17.2 Å². The van der Waals surface area contributed by atoms with Gasteiger partial charge in [-0.3, -0.25) is 0 Å². The molecule has 3 aromatic rings. The third-order valence-corrected chi connectivity index (χ3v) is 4.56. The molecule has 8 nitrogen and oxygen atoms in total. The van der Waals surface area contributed by atoms with Crippen LogP contribution in [0, 0.1) is 0 Å². The molecule has 2 heterocycles. The monoisotopic (exact) mass is 379 g/mol. The molecule has 0 saturated carbocycles. The lowest BCUT2D eigenvalue weighted by Crippen LogP contribution is -2.20. The van der Waals surface area contributed by atoms with Crippen LogP contribution in [0.4, 0.5) is 5.95 Å². The normalized spacial score (nSPS) is 15.2. The first-order valence-corrected chi connectivity index (χ1v) is 8.95. The van der Waals surface area contributed by atoms with Gasteiger partial charge in [0.05, 0.1) is 26.5 Å². The van der Waals surface area contributed by atoms with E-state index < -0.39 is 0 Å². The number of anilines is 1. The Hall–Kier alpha value is -3.55. The molecule has 1 atom stereocenters. The first-order chi connectivity index (χ1) is 13.7. The van der Waals surface area contributed by atoms with Gasteiger partial charge in [-0.2, -0.15) is 4.68 Å². The zero-order chi connectivity index (χ0) is 19.5. The highest BCUT2D eigenvalue weighted by atomic mass is 16.5. The van der Waals surface area contributed by atoms with Crippen molar-refractivity contribution in [3.63, 3.8) is 0 Å². The van der Waals surface area contributed by atoms with E-state index in [0.717, 1.165) is 28.3 Å². The molecule has 0 radical (unpaired) electrons. The number of benzene rings is 2. The average Bonchev–Trinajstić information content (AvgIpc) is 3.22. The fourth-order valence-electron chi connectivity index (χ4n) is 3.20. The molecular weight excluding hydrogens is 358 g/mol. The zero-order valence-electron chi connectivity index (χ0n) is 15.9. The molecule has 0 aliphatic carbocycles. The number of allylic oxidation sites excluding steroid dienone is 1. The molecular formula is C20H21N5O3. The van der Waals surface area contributed by atoms with Gasteiger partial charge in [-0.05, 0) is 53.3 Å². The highest BCUT2D eigenvalue weighted by Gasteiger charge is 2.25. The number of hydrogen-bond donors (Lipinski definition) is 1. The van der Waals surface area contributed by atoms with Crippen LogP contribution in [0.1, 0.15) is 24.1 Å². The second-order valence-corrected chi connectivity index (χ2v) is 6.17. The van der Waals surface area contributed by atoms with Crippen molar-refractivity contribution in [3.8, 4) is 17.2 Å². The van der Waals surface area contributed by atoms with Crippen molar-refractivity contribution >= 4 is 11.6 Å². The Morgan fingerprint density at radius 3 is 2.54 bits per heavy atom. The van der Waals surface area contributed by atoms with E-state index in [1.54, 1.807) is 18.9 Å². The standard InChI is InChI=1S/C20H21N5O3/c1-4-28-14-7-5-13(6-8-14)18-12-17(21-20-22-23-24-25(18)20)16-10-9-15(26-2)11-19(16)27-3/h5-12,18H,4H2,1-3H3,(H,21,22,24)/t18-/m1/s1. The van der Waals surface area contributed by atoms with Gasteiger partial charge >= 0.3 is 0 Å². The number of aromatic nitrogens is 4. The highest BCUT2D eigenvalue weighted by molar-refractivity contribution is 5.80. The molecule has 4 rings (SSSR count). The largest absolute Gasteiger partial charge is 0.497 e. The van der Waals surface area contributed by atoms with E-state index >= 15 is 0 Å². The summed E-state index contributed by atoms with van der Waals surface area (Å²) in [6.45, 7) is 2.59. The summed E-state index contributed by atoms with van der Waals surface area (Å²) in [6.07, 6.45) is 2.07. The van der Waals surface area contributed by atoms with Crippen LogP contribution >= 0.6 is 0 Å². The summed E-state index contributed by atoms with van der Waals surface area (Å²) >= 11 is 0. The Balaban J connectivity index is 1.75. The third-order valence-electron chi connectivity index (χ3n) is 4.56. The van der Waals surface area contributed by atoms with Crippen LogP contribution in [0.25, 0.3) is 5.70 Å². The summed E-state index contributed by atoms with van der Waals surface area (Å²) in [5, 5.41) is 15.3. The number of nitrogens with zero attached hydrogens (tertiary/aromatic N) is 4. The molecule has 0 amide bonds. The van der Waals surface area contributed by atoms with Gasteiger partial charge < -0.3 is 19.5 Å². The van der Waals surface area contributed by atoms with Gasteiger partial charge in [-0.15, -0.1) is 0 Å². The summed E-state index contributed by atoms with van der Waals surface area (Å²) in [6, 6.07) is 13.5. The van der Waals surface area contributed by atoms with E-state index in [4.69, 9.17) is 14.2 Å². The Kier molecular flexibility index (Phi) is 4.84. The van der Waals surface area contributed by atoms with E-state index in [9.17, 15) is 0 Å². The molecule has 1 N–H and O–H groups in total. The lowest BCUT2D eigenvalue weighted by molar-refractivity contribution is 0.340. The molecule has 0 unspecified atom stereocenters. The third kappa shape index (κ3) is 3.24. The maximum absolute atomic E-state index is 5.56. The van der Waals surface area contributed by atoms with Crippen molar-refractivity contribution in [2.75, 3.05) is 26.1 Å². The van der Waals surface area contributed by atoms with Crippen molar-refractivity contribution in [2.45, 2.75) is 13.0 Å². The van der Waals surface area contributed by atoms with Gasteiger partial charge in [0.1, 0.15) is 23.3 Å². The summed E-state index contributed by atoms with van der Waals surface area (Å²) in [5.74, 6) is 2.82. The number of rotatable bonds is 6. The predicted molar refractivity (Wildman–Crippen MR) is 105 cm³/mol. The Morgan fingerprint density at radius 1 is 1.04 bits per heavy atom. The minimum Gasteiger partial charge on any atom is -0.497 e. The fraction of sp³-hybridized carbons (Fsp3) is 0.250. The smallest absolute Gasteiger partial charge is 0.248 e. The minimum atomic E-state index is -0.163. The van der Waals surface area contributed by atoms with Crippen LogP contribution in [-0.4, -0.2) is 41.0 Å². The molecule has 1 aliphatic rings. The number of hydrogen-bond acceptors (Lipinski definition) is 7. The van der Waals surface area contributed by atoms with E-state index in [0.29, 0.717) is 18.3 Å². The lowest BCUT2D eigenvalue weighted by Gasteiger charge is -2.24. The number of nitrogens with one attached hydrogen (secondary N) is 1. The number of ether oxygens (including phenoxy) is 3. The Bertz CT molecular complexity index is 997. The van der Waals surface area contributed by atoms with Crippen molar-refractivity contribution in [2.24, 2.45) is 0 Å². The van der Waals surface area contributed by atoms with E-state index in [2.05, 4.69) is 26.9 Å². The van der Waals surface area contributed by atoms with Crippen molar-refractivity contribution in [3.05, 3.63) is 59.7 Å². The van der Waals surface area contributed by atoms with Crippen LogP contribution < -0.4 is 19.5 Å². The van der Waals surface area contributed by atoms with E-state index in [1.807, 2.05) is 49.4 Å². The second-order valence-electron chi connectivity index (χ2n) is 6.17. The van der Waals surface area contributed by atoms with Crippen molar-refractivity contribution < 1.29 is 14.2 Å². The highest BCUT2D eigenvalue weighted by Crippen LogP contribution is 2.36. The molecule has 2 aromatic carbocycles. The molecule has 8 heteroatoms. The second kappa shape index (κ2) is 7.59. The SMILES string of the molecule is CCOc1ccc([C@H]2C=C(c3ccc(OC)cc3OC)Nc3nnnn32)cc1. The molecule has 28 heavy (non-hydrogen) atoms. The van der Waals surface area contributed by atoms with Gasteiger partial charge in [0.25, 0.3) is 0 Å². The van der Waals surface area contributed by atoms with Crippen molar-refractivity contribution in [1.29, 1.82) is 0 Å². The number of methoxy groups -OCH3 is 2. The summed E-state index contributed by atoms with van der Waals surface area (Å²) in [5.41, 5.74) is 2.80. The fourth-order valence-corrected chi connectivity index (χ4v) is 3.20. The van der Waals surface area contributed by atoms with Gasteiger partial charge in [0.2, 0.25) is 5.95 Å². The minimum absolute atomic E-state index is 0.163. The molecule has 0 fully saturated rings. The maximum atomic E-state index is 5.56. The summed E-state index contributed by atoms with van der Waals surface area (Å²) in [7, 11) is 3.26. The van der Waals surface area contributed by atoms with E-state index in [-0.39, 0.29) is 6.04 Å². The van der Waals surface area contributed by atoms with Crippen LogP contribution in [0.15, 0.2) is 48.5 Å². The van der Waals surface area contributed by atoms with Gasteiger partial charge in [0, 0.05) is 11.6 Å². The topological polar surface area (TPSA) is 83.3 Å². The van der Waals surface area contributed by atoms with Crippen LogP contribution in [-0.2, 0) is 0 Å². The van der Waals surface area contributed by atoms with Crippen LogP contribution in [0.5, 0.6) is 17.2 Å². The Morgan fingerprint density at radius 2 is 1.82 bits per heavy atom. The van der Waals surface area contributed by atoms with E-state index in [1.165, 1.54) is 0 Å². The summed E-state index contributed by atoms with van der Waals surface area (Å²) < 4.78 is 18.1. The quantitative estimate of drug-likeness (QED) is 0.704. The van der Waals surface area contributed by atoms with Crippen molar-refractivity contribution in [1.82, 2.24) is 20.2 Å². The number of tetrazole rings is 1. The lowest BCUT2D eigenvalue weighted by atomic mass is 10.0. The summed E-state index contributed by atoms with van der Waals surface area (Å²) in [4.78, 5) is 0. The first kappa shape index (κ1) is 17.8. The van der Waals surface area contributed by atoms with Gasteiger partial charge in [0.15, 0.2) is 0 Å². The maximum Gasteiger partial charge on any atom is 0.248 e. The number of fused-ring (bicyclic) bond motifs is 1. The molecule has 0 saturated heterocycles. The Labute approximate surface area is 162 Å². The molecule has 144 valence electrons. The first-order valence-electron chi connectivity index (χ1n) is 8.95. The average molecular weight is 379 g/mol. The predicted octanol–water partition coefficient (Wildman–Crippen LogP) is 3.15. The molecule has 1 aromatic heterocycles. The molecule has 1 aliphatic heterocycles. The molecule has 0 spiro atoms. The molecule has 0 bridgehead atoms.